The van der Waals surface area contributed by atoms with Gasteiger partial charge in [0.2, 0.25) is 0 Å². The molecule has 0 fully saturated rings. The van der Waals surface area contributed by atoms with Crippen molar-refractivity contribution in [2.24, 2.45) is 0 Å². The molecule has 1 aliphatic carbocycles. The van der Waals surface area contributed by atoms with Crippen molar-refractivity contribution < 1.29 is 4.79 Å². The number of benzene rings is 2. The zero-order valence-electron chi connectivity index (χ0n) is 11.6. The zero-order valence-corrected chi connectivity index (χ0v) is 13.9. The molecule has 0 radical (unpaired) electrons. The Labute approximate surface area is 137 Å². The summed E-state index contributed by atoms with van der Waals surface area (Å²) in [6.07, 6.45) is 0.794. The first-order valence-corrected chi connectivity index (χ1v) is 8.08. The molecule has 1 amide bonds. The lowest BCUT2D eigenvalue weighted by Crippen LogP contribution is -2.31. The van der Waals surface area contributed by atoms with E-state index in [1.165, 1.54) is 5.56 Å². The fourth-order valence-electron chi connectivity index (χ4n) is 2.72. The molecule has 2 atom stereocenters. The van der Waals surface area contributed by atoms with Gasteiger partial charge in [-0.05, 0) is 48.2 Å². The zero-order chi connectivity index (χ0) is 15.0. The van der Waals surface area contributed by atoms with Gasteiger partial charge in [-0.3, -0.25) is 4.79 Å². The smallest absolute Gasteiger partial charge is 0.251 e. The number of rotatable bonds is 2. The summed E-state index contributed by atoms with van der Waals surface area (Å²) in [6, 6.07) is 13.6. The van der Waals surface area contributed by atoms with Crippen LogP contribution in [0.1, 0.15) is 33.1 Å². The molecular weight excluding hydrogens is 350 g/mol. The van der Waals surface area contributed by atoms with Crippen molar-refractivity contribution >= 4 is 33.4 Å². The number of hydrogen-bond donors (Lipinski definition) is 1. The Hall–Kier alpha value is -1.32. The van der Waals surface area contributed by atoms with Crippen LogP contribution < -0.4 is 5.32 Å². The molecule has 2 nitrogen and oxygen atoms in total. The Morgan fingerprint density at radius 1 is 1.29 bits per heavy atom. The van der Waals surface area contributed by atoms with E-state index in [-0.39, 0.29) is 17.3 Å². The van der Waals surface area contributed by atoms with Crippen LogP contribution in [0.25, 0.3) is 0 Å². The van der Waals surface area contributed by atoms with E-state index in [0.29, 0.717) is 5.56 Å². The first-order chi connectivity index (χ1) is 10.1. The molecule has 0 bridgehead atoms. The average molecular weight is 365 g/mol. The Morgan fingerprint density at radius 3 is 2.81 bits per heavy atom. The summed E-state index contributed by atoms with van der Waals surface area (Å²) in [5.41, 5.74) is 4.04. The standard InChI is InChI=1S/C17H15BrClNO/c1-10-8-12(6-7-14(10)18)17(21)20-16-13-5-3-2-4-11(13)9-15(16)19/h2-8,15-16H,9H2,1H3,(H,20,21). The predicted molar refractivity (Wildman–Crippen MR) is 88.9 cm³/mol. The normalized spacial score (nSPS) is 20.1. The first kappa shape index (κ1) is 14.6. The maximum absolute atomic E-state index is 12.4. The molecule has 0 aromatic heterocycles. The van der Waals surface area contributed by atoms with E-state index in [1.807, 2.05) is 43.3 Å². The van der Waals surface area contributed by atoms with Crippen LogP contribution >= 0.6 is 27.5 Å². The van der Waals surface area contributed by atoms with Crippen LogP contribution in [0, 0.1) is 6.92 Å². The van der Waals surface area contributed by atoms with Gasteiger partial charge in [0.25, 0.3) is 5.91 Å². The molecule has 3 rings (SSSR count). The quantitative estimate of drug-likeness (QED) is 0.787. The number of carbonyl (C=O) groups is 1. The van der Waals surface area contributed by atoms with Crippen molar-refractivity contribution in [2.75, 3.05) is 0 Å². The Bertz CT molecular complexity index is 701. The Balaban J connectivity index is 1.83. The molecular formula is C17H15BrClNO. The fourth-order valence-corrected chi connectivity index (χ4v) is 3.34. The van der Waals surface area contributed by atoms with Crippen LogP contribution in [0.4, 0.5) is 0 Å². The number of fused-ring (bicyclic) bond motifs is 1. The maximum Gasteiger partial charge on any atom is 0.251 e. The van der Waals surface area contributed by atoms with E-state index in [0.717, 1.165) is 22.0 Å². The summed E-state index contributed by atoms with van der Waals surface area (Å²) in [4.78, 5) is 12.4. The van der Waals surface area contributed by atoms with Crippen molar-refractivity contribution in [3.8, 4) is 0 Å². The molecule has 2 unspecified atom stereocenters. The van der Waals surface area contributed by atoms with Crippen LogP contribution in [-0.4, -0.2) is 11.3 Å². The highest BCUT2D eigenvalue weighted by Gasteiger charge is 2.32. The van der Waals surface area contributed by atoms with Crippen molar-refractivity contribution in [3.63, 3.8) is 0 Å². The molecule has 0 aliphatic heterocycles. The van der Waals surface area contributed by atoms with Gasteiger partial charge in [0, 0.05) is 10.0 Å². The monoisotopic (exact) mass is 363 g/mol. The van der Waals surface area contributed by atoms with Crippen LogP contribution in [0.2, 0.25) is 0 Å². The Morgan fingerprint density at radius 2 is 2.05 bits per heavy atom. The SMILES string of the molecule is Cc1cc(C(=O)NC2c3ccccc3CC2Cl)ccc1Br. The van der Waals surface area contributed by atoms with Crippen LogP contribution in [0.3, 0.4) is 0 Å². The summed E-state index contributed by atoms with van der Waals surface area (Å²) in [7, 11) is 0. The highest BCUT2D eigenvalue weighted by molar-refractivity contribution is 9.10. The van der Waals surface area contributed by atoms with Gasteiger partial charge < -0.3 is 5.32 Å². The van der Waals surface area contributed by atoms with Gasteiger partial charge in [0.1, 0.15) is 0 Å². The van der Waals surface area contributed by atoms with E-state index < -0.39 is 0 Å². The van der Waals surface area contributed by atoms with E-state index in [1.54, 1.807) is 0 Å². The number of nitrogens with one attached hydrogen (secondary N) is 1. The summed E-state index contributed by atoms with van der Waals surface area (Å²) in [6.45, 7) is 1.97. The van der Waals surface area contributed by atoms with Gasteiger partial charge in [-0.2, -0.15) is 0 Å². The Kier molecular flexibility index (Phi) is 4.05. The fraction of sp³-hybridized carbons (Fsp3) is 0.235. The number of aryl methyl sites for hydroxylation is 1. The topological polar surface area (TPSA) is 29.1 Å². The molecule has 2 aromatic rings. The third-order valence-electron chi connectivity index (χ3n) is 3.87. The van der Waals surface area contributed by atoms with Crippen LogP contribution in [0.5, 0.6) is 0 Å². The van der Waals surface area contributed by atoms with Crippen LogP contribution in [0.15, 0.2) is 46.9 Å². The predicted octanol–water partition coefficient (Wildman–Crippen LogP) is 4.39. The lowest BCUT2D eigenvalue weighted by atomic mass is 10.1. The van der Waals surface area contributed by atoms with E-state index in [2.05, 4.69) is 27.3 Å². The van der Waals surface area contributed by atoms with E-state index in [9.17, 15) is 4.79 Å². The second-order valence-electron chi connectivity index (χ2n) is 5.33. The largest absolute Gasteiger partial charge is 0.344 e. The van der Waals surface area contributed by atoms with Gasteiger partial charge >= 0.3 is 0 Å². The summed E-state index contributed by atoms with van der Waals surface area (Å²) >= 11 is 9.85. The highest BCUT2D eigenvalue weighted by atomic mass is 79.9. The number of alkyl halides is 1. The molecule has 21 heavy (non-hydrogen) atoms. The molecule has 0 spiro atoms. The molecule has 1 N–H and O–H groups in total. The third kappa shape index (κ3) is 2.85. The molecule has 4 heteroatoms. The minimum absolute atomic E-state index is 0.0852. The van der Waals surface area contributed by atoms with Gasteiger partial charge in [-0.25, -0.2) is 0 Å². The van der Waals surface area contributed by atoms with Crippen molar-refractivity contribution in [2.45, 2.75) is 24.8 Å². The average Bonchev–Trinajstić information content (AvgIpc) is 2.78. The maximum atomic E-state index is 12.4. The second-order valence-corrected chi connectivity index (χ2v) is 6.75. The van der Waals surface area contributed by atoms with Crippen molar-refractivity contribution in [1.29, 1.82) is 0 Å². The summed E-state index contributed by atoms with van der Waals surface area (Å²) in [5, 5.41) is 2.97. The number of halogens is 2. The number of hydrogen-bond acceptors (Lipinski definition) is 1. The highest BCUT2D eigenvalue weighted by Crippen LogP contribution is 2.34. The minimum atomic E-state index is -0.126. The van der Waals surface area contributed by atoms with Crippen molar-refractivity contribution in [3.05, 3.63) is 69.2 Å². The summed E-state index contributed by atoms with van der Waals surface area (Å²) in [5.74, 6) is -0.0852. The molecule has 0 heterocycles. The lowest BCUT2D eigenvalue weighted by molar-refractivity contribution is 0.0937. The van der Waals surface area contributed by atoms with E-state index in [4.69, 9.17) is 11.6 Å². The third-order valence-corrected chi connectivity index (χ3v) is 5.17. The second kappa shape index (κ2) is 5.82. The number of carbonyl (C=O) groups excluding carboxylic acids is 1. The molecule has 108 valence electrons. The molecule has 1 aliphatic rings. The van der Waals surface area contributed by atoms with Gasteiger partial charge in [-0.15, -0.1) is 11.6 Å². The van der Waals surface area contributed by atoms with Gasteiger partial charge in [0.05, 0.1) is 11.4 Å². The molecule has 0 saturated carbocycles. The minimum Gasteiger partial charge on any atom is -0.344 e. The van der Waals surface area contributed by atoms with Gasteiger partial charge in [0.15, 0.2) is 0 Å². The first-order valence-electron chi connectivity index (χ1n) is 6.85. The summed E-state index contributed by atoms with van der Waals surface area (Å²) < 4.78 is 1.00. The van der Waals surface area contributed by atoms with E-state index >= 15 is 0 Å². The molecule has 0 saturated heterocycles. The van der Waals surface area contributed by atoms with Crippen LogP contribution in [-0.2, 0) is 6.42 Å². The van der Waals surface area contributed by atoms with Crippen molar-refractivity contribution in [1.82, 2.24) is 5.32 Å². The number of amides is 1. The lowest BCUT2D eigenvalue weighted by Gasteiger charge is -2.17. The van der Waals surface area contributed by atoms with Gasteiger partial charge in [-0.1, -0.05) is 40.2 Å². The molecule has 2 aromatic carbocycles.